The Morgan fingerprint density at radius 2 is 2.07 bits per heavy atom. The highest BCUT2D eigenvalue weighted by molar-refractivity contribution is 5.70. The molecule has 0 aliphatic carbocycles. The molecule has 0 bridgehead atoms. The zero-order valence-electron chi connectivity index (χ0n) is 8.83. The number of anilines is 1. The Bertz CT molecular complexity index is 339. The third-order valence-electron chi connectivity index (χ3n) is 2.54. The van der Waals surface area contributed by atoms with Crippen molar-refractivity contribution in [3.63, 3.8) is 0 Å². The molecule has 2 rings (SSSR count). The predicted molar refractivity (Wildman–Crippen MR) is 62.3 cm³/mol. The van der Waals surface area contributed by atoms with Crippen molar-refractivity contribution in [2.45, 2.75) is 26.3 Å². The quantitative estimate of drug-likeness (QED) is 0.746. The van der Waals surface area contributed by atoms with Crippen LogP contribution in [0.5, 0.6) is 0 Å². The average molecular weight is 187 g/mol. The molecule has 1 atom stereocenters. The van der Waals surface area contributed by atoms with Gasteiger partial charge in [0.05, 0.1) is 0 Å². The summed E-state index contributed by atoms with van der Waals surface area (Å²) in [7, 11) is 0. The summed E-state index contributed by atoms with van der Waals surface area (Å²) < 4.78 is 0. The number of rotatable bonds is 2. The SMILES string of the molecule is CC(C)CC1C=Cc2ccccc2N1. The smallest absolute Gasteiger partial charge is 0.0450 e. The van der Waals surface area contributed by atoms with Crippen molar-refractivity contribution in [2.75, 3.05) is 5.32 Å². The Morgan fingerprint density at radius 3 is 2.86 bits per heavy atom. The van der Waals surface area contributed by atoms with Crippen molar-refractivity contribution in [2.24, 2.45) is 5.92 Å². The largest absolute Gasteiger partial charge is 0.378 e. The molecule has 0 aromatic heterocycles. The summed E-state index contributed by atoms with van der Waals surface area (Å²) >= 11 is 0. The second-order valence-corrected chi connectivity index (χ2v) is 4.33. The van der Waals surface area contributed by atoms with E-state index in [9.17, 15) is 0 Å². The molecule has 1 aliphatic heterocycles. The van der Waals surface area contributed by atoms with Gasteiger partial charge in [0.15, 0.2) is 0 Å². The number of hydrogen-bond donors (Lipinski definition) is 1. The van der Waals surface area contributed by atoms with Crippen LogP contribution >= 0.6 is 0 Å². The molecule has 1 N–H and O–H groups in total. The van der Waals surface area contributed by atoms with Crippen LogP contribution in [0, 0.1) is 5.92 Å². The molecule has 0 saturated carbocycles. The lowest BCUT2D eigenvalue weighted by atomic mass is 9.98. The minimum absolute atomic E-state index is 0.505. The van der Waals surface area contributed by atoms with E-state index in [1.165, 1.54) is 17.7 Å². The fourth-order valence-electron chi connectivity index (χ4n) is 1.89. The average Bonchev–Trinajstić information content (AvgIpc) is 2.17. The van der Waals surface area contributed by atoms with E-state index in [0.29, 0.717) is 6.04 Å². The lowest BCUT2D eigenvalue weighted by Crippen LogP contribution is -2.21. The van der Waals surface area contributed by atoms with Crippen molar-refractivity contribution in [1.82, 2.24) is 0 Å². The topological polar surface area (TPSA) is 12.0 Å². The molecule has 1 aromatic carbocycles. The van der Waals surface area contributed by atoms with E-state index in [4.69, 9.17) is 0 Å². The van der Waals surface area contributed by atoms with E-state index in [1.54, 1.807) is 0 Å². The van der Waals surface area contributed by atoms with E-state index in [1.807, 2.05) is 0 Å². The zero-order valence-corrected chi connectivity index (χ0v) is 8.83. The first kappa shape index (κ1) is 9.32. The van der Waals surface area contributed by atoms with Gasteiger partial charge in [-0.25, -0.2) is 0 Å². The number of benzene rings is 1. The number of para-hydroxylation sites is 1. The second-order valence-electron chi connectivity index (χ2n) is 4.33. The van der Waals surface area contributed by atoms with Gasteiger partial charge < -0.3 is 5.32 Å². The summed E-state index contributed by atoms with van der Waals surface area (Å²) in [5.41, 5.74) is 2.56. The van der Waals surface area contributed by atoms with Crippen molar-refractivity contribution < 1.29 is 0 Å². The molecule has 1 unspecified atom stereocenters. The molecule has 0 fully saturated rings. The Morgan fingerprint density at radius 1 is 1.29 bits per heavy atom. The first-order valence-corrected chi connectivity index (χ1v) is 5.29. The first-order valence-electron chi connectivity index (χ1n) is 5.29. The van der Waals surface area contributed by atoms with Gasteiger partial charge in [-0.1, -0.05) is 44.2 Å². The van der Waals surface area contributed by atoms with Gasteiger partial charge >= 0.3 is 0 Å². The maximum atomic E-state index is 3.54. The number of fused-ring (bicyclic) bond motifs is 1. The predicted octanol–water partition coefficient (Wildman–Crippen LogP) is 3.54. The molecule has 0 spiro atoms. The van der Waals surface area contributed by atoms with Crippen LogP contribution < -0.4 is 5.32 Å². The standard InChI is InChI=1S/C13H17N/c1-10(2)9-12-8-7-11-5-3-4-6-13(11)14-12/h3-8,10,12,14H,9H2,1-2H3. The highest BCUT2D eigenvalue weighted by atomic mass is 14.9. The van der Waals surface area contributed by atoms with Gasteiger partial charge in [0.1, 0.15) is 0 Å². The molecule has 1 nitrogen and oxygen atoms in total. The van der Waals surface area contributed by atoms with Crippen molar-refractivity contribution in [1.29, 1.82) is 0 Å². The van der Waals surface area contributed by atoms with Crippen LogP contribution in [-0.2, 0) is 0 Å². The Kier molecular flexibility index (Phi) is 2.58. The van der Waals surface area contributed by atoms with Gasteiger partial charge in [0.2, 0.25) is 0 Å². The molecule has 1 heterocycles. The lowest BCUT2D eigenvalue weighted by molar-refractivity contribution is 0.563. The van der Waals surface area contributed by atoms with Gasteiger partial charge in [0.25, 0.3) is 0 Å². The Balaban J connectivity index is 2.13. The minimum atomic E-state index is 0.505. The van der Waals surface area contributed by atoms with Gasteiger partial charge in [-0.15, -0.1) is 0 Å². The first-order chi connectivity index (χ1) is 6.75. The van der Waals surface area contributed by atoms with Crippen LogP contribution in [0.2, 0.25) is 0 Å². The van der Waals surface area contributed by atoms with Gasteiger partial charge in [-0.3, -0.25) is 0 Å². The lowest BCUT2D eigenvalue weighted by Gasteiger charge is -2.23. The summed E-state index contributed by atoms with van der Waals surface area (Å²) in [6.45, 7) is 4.52. The number of nitrogens with one attached hydrogen (secondary N) is 1. The Hall–Kier alpha value is -1.24. The van der Waals surface area contributed by atoms with Gasteiger partial charge in [0, 0.05) is 11.7 Å². The molecule has 14 heavy (non-hydrogen) atoms. The normalized spacial score (nSPS) is 19.2. The summed E-state index contributed by atoms with van der Waals surface area (Å²) in [5.74, 6) is 0.738. The van der Waals surface area contributed by atoms with Crippen LogP contribution in [0.1, 0.15) is 25.8 Å². The monoisotopic (exact) mass is 187 g/mol. The van der Waals surface area contributed by atoms with E-state index in [0.717, 1.165) is 5.92 Å². The third-order valence-corrected chi connectivity index (χ3v) is 2.54. The van der Waals surface area contributed by atoms with Crippen LogP contribution in [0.15, 0.2) is 30.3 Å². The van der Waals surface area contributed by atoms with E-state index in [-0.39, 0.29) is 0 Å². The molecule has 0 saturated heterocycles. The van der Waals surface area contributed by atoms with Crippen LogP contribution in [-0.4, -0.2) is 6.04 Å². The van der Waals surface area contributed by atoms with E-state index in [2.05, 4.69) is 55.6 Å². The fourth-order valence-corrected chi connectivity index (χ4v) is 1.89. The van der Waals surface area contributed by atoms with Crippen LogP contribution in [0.4, 0.5) is 5.69 Å². The summed E-state index contributed by atoms with van der Waals surface area (Å²) in [6, 6.07) is 8.95. The molecule has 0 radical (unpaired) electrons. The molecule has 1 heteroatoms. The molecule has 1 aliphatic rings. The zero-order chi connectivity index (χ0) is 9.97. The minimum Gasteiger partial charge on any atom is -0.378 e. The van der Waals surface area contributed by atoms with Crippen LogP contribution in [0.3, 0.4) is 0 Å². The highest BCUT2D eigenvalue weighted by Crippen LogP contribution is 2.24. The second kappa shape index (κ2) is 3.87. The molecule has 1 aromatic rings. The van der Waals surface area contributed by atoms with E-state index >= 15 is 0 Å². The van der Waals surface area contributed by atoms with Crippen molar-refractivity contribution in [3.8, 4) is 0 Å². The molecular formula is C13H17N. The van der Waals surface area contributed by atoms with Crippen LogP contribution in [0.25, 0.3) is 6.08 Å². The fraction of sp³-hybridized carbons (Fsp3) is 0.385. The van der Waals surface area contributed by atoms with Crippen molar-refractivity contribution in [3.05, 3.63) is 35.9 Å². The molecule has 0 amide bonds. The van der Waals surface area contributed by atoms with Gasteiger partial charge in [-0.2, -0.15) is 0 Å². The van der Waals surface area contributed by atoms with E-state index < -0.39 is 0 Å². The van der Waals surface area contributed by atoms with Crippen molar-refractivity contribution >= 4 is 11.8 Å². The summed E-state index contributed by atoms with van der Waals surface area (Å²) in [6.07, 6.45) is 5.69. The third kappa shape index (κ3) is 1.98. The molecular weight excluding hydrogens is 170 g/mol. The number of hydrogen-bond acceptors (Lipinski definition) is 1. The van der Waals surface area contributed by atoms with Gasteiger partial charge in [-0.05, 0) is 24.0 Å². The molecule has 74 valence electrons. The maximum absolute atomic E-state index is 3.54. The highest BCUT2D eigenvalue weighted by Gasteiger charge is 2.12. The Labute approximate surface area is 85.8 Å². The summed E-state index contributed by atoms with van der Waals surface area (Å²) in [4.78, 5) is 0. The summed E-state index contributed by atoms with van der Waals surface area (Å²) in [5, 5.41) is 3.54. The maximum Gasteiger partial charge on any atom is 0.0450 e.